The lowest BCUT2D eigenvalue weighted by Gasteiger charge is -2.08. The summed E-state index contributed by atoms with van der Waals surface area (Å²) in [5.74, 6) is 0.716. The Hall–Kier alpha value is -1.47. The topological polar surface area (TPSA) is 100 Å². The van der Waals surface area contributed by atoms with Gasteiger partial charge < -0.3 is 21.1 Å². The van der Waals surface area contributed by atoms with E-state index < -0.39 is 0 Å². The van der Waals surface area contributed by atoms with E-state index in [-0.39, 0.29) is 24.3 Å². The second-order valence-corrected chi connectivity index (χ2v) is 5.40. The molecule has 8 heteroatoms. The lowest BCUT2D eigenvalue weighted by atomic mass is 10.1. The Morgan fingerprint density at radius 1 is 1.32 bits per heavy atom. The predicted octanol–water partition coefficient (Wildman–Crippen LogP) is 1.80. The highest BCUT2D eigenvalue weighted by atomic mass is 79.9. The van der Waals surface area contributed by atoms with Crippen molar-refractivity contribution < 1.29 is 9.53 Å². The van der Waals surface area contributed by atoms with Crippen LogP contribution in [0, 0.1) is 5.41 Å². The van der Waals surface area contributed by atoms with Gasteiger partial charge in [-0.3, -0.25) is 10.2 Å². The van der Waals surface area contributed by atoms with Crippen molar-refractivity contribution in [3.05, 3.63) is 28.2 Å². The number of benzene rings is 1. The molecule has 0 aliphatic carbocycles. The highest BCUT2D eigenvalue weighted by Crippen LogP contribution is 2.25. The molecular formula is C14H22BrClN4O2. The molecule has 0 bridgehead atoms. The molecule has 1 amide bonds. The van der Waals surface area contributed by atoms with E-state index in [1.807, 2.05) is 18.2 Å². The number of methoxy groups -OCH3 is 1. The van der Waals surface area contributed by atoms with Crippen LogP contribution in [0.4, 0.5) is 0 Å². The number of halogens is 2. The van der Waals surface area contributed by atoms with Gasteiger partial charge in [0.2, 0.25) is 5.91 Å². The van der Waals surface area contributed by atoms with Crippen molar-refractivity contribution in [2.45, 2.75) is 19.3 Å². The quantitative estimate of drug-likeness (QED) is 0.307. The minimum atomic E-state index is -0.0240. The summed E-state index contributed by atoms with van der Waals surface area (Å²) in [4.78, 5) is 11.8. The molecular weight excluding hydrogens is 372 g/mol. The van der Waals surface area contributed by atoms with E-state index in [0.717, 1.165) is 28.6 Å². The average molecular weight is 394 g/mol. The summed E-state index contributed by atoms with van der Waals surface area (Å²) in [5, 5.41) is 12.6. The number of carbonyl (C=O) groups excluding carboxylic acids is 1. The second kappa shape index (κ2) is 11.1. The van der Waals surface area contributed by atoms with E-state index >= 15 is 0 Å². The summed E-state index contributed by atoms with van der Waals surface area (Å²) in [7, 11) is 1.60. The molecule has 0 atom stereocenters. The van der Waals surface area contributed by atoms with Gasteiger partial charge >= 0.3 is 0 Å². The number of unbranched alkanes of at least 4 members (excludes halogenated alkanes) is 1. The van der Waals surface area contributed by atoms with Crippen molar-refractivity contribution in [2.24, 2.45) is 5.73 Å². The van der Waals surface area contributed by atoms with E-state index in [0.29, 0.717) is 19.5 Å². The fraction of sp³-hybridized carbons (Fsp3) is 0.429. The predicted molar refractivity (Wildman–Crippen MR) is 93.8 cm³/mol. The second-order valence-electron chi connectivity index (χ2n) is 4.54. The van der Waals surface area contributed by atoms with Crippen LogP contribution in [0.3, 0.4) is 0 Å². The van der Waals surface area contributed by atoms with Crippen molar-refractivity contribution in [3.63, 3.8) is 0 Å². The number of carbonyl (C=O) groups is 1. The summed E-state index contributed by atoms with van der Waals surface area (Å²) in [6.45, 7) is 1.27. The summed E-state index contributed by atoms with van der Waals surface area (Å²) in [6.07, 6.45) is 2.04. The molecule has 0 aliphatic heterocycles. The molecule has 0 spiro atoms. The summed E-state index contributed by atoms with van der Waals surface area (Å²) in [5.41, 5.74) is 6.09. The zero-order valence-corrected chi connectivity index (χ0v) is 14.9. The molecule has 1 aromatic rings. The zero-order chi connectivity index (χ0) is 15.7. The van der Waals surface area contributed by atoms with Crippen LogP contribution >= 0.6 is 28.3 Å². The first kappa shape index (κ1) is 20.5. The van der Waals surface area contributed by atoms with Crippen LogP contribution in [0.5, 0.6) is 5.75 Å². The van der Waals surface area contributed by atoms with Gasteiger partial charge in [-0.25, -0.2) is 0 Å². The van der Waals surface area contributed by atoms with Gasteiger partial charge in [-0.2, -0.15) is 0 Å². The Bertz CT molecular complexity index is 500. The maximum atomic E-state index is 11.8. The molecule has 0 aromatic heterocycles. The number of ether oxygens (including phenoxy) is 1. The number of guanidine groups is 1. The Kier molecular flexibility index (Phi) is 10.4. The molecule has 5 N–H and O–H groups in total. The first-order valence-electron chi connectivity index (χ1n) is 6.70. The van der Waals surface area contributed by atoms with Crippen LogP contribution < -0.4 is 21.1 Å². The summed E-state index contributed by atoms with van der Waals surface area (Å²) in [6, 6.07) is 5.59. The number of hydrogen-bond acceptors (Lipinski definition) is 3. The molecule has 6 nitrogen and oxygen atoms in total. The minimum Gasteiger partial charge on any atom is -0.496 e. The average Bonchev–Trinajstić information content (AvgIpc) is 2.42. The third-order valence-corrected chi connectivity index (χ3v) is 3.44. The van der Waals surface area contributed by atoms with Crippen LogP contribution in [0.1, 0.15) is 18.4 Å². The maximum Gasteiger partial charge on any atom is 0.224 e. The first-order valence-corrected chi connectivity index (χ1v) is 7.49. The van der Waals surface area contributed by atoms with Gasteiger partial charge in [-0.15, -0.1) is 12.4 Å². The number of nitrogens with two attached hydrogens (primary N) is 1. The molecule has 0 unspecified atom stereocenters. The molecule has 124 valence electrons. The van der Waals surface area contributed by atoms with Crippen LogP contribution in [-0.4, -0.2) is 32.1 Å². The molecule has 0 saturated heterocycles. The van der Waals surface area contributed by atoms with Gasteiger partial charge in [0.15, 0.2) is 5.96 Å². The molecule has 1 aromatic carbocycles. The third-order valence-electron chi connectivity index (χ3n) is 2.82. The standard InChI is InChI=1S/C14H21BrN4O2.ClH/c1-21-12-5-4-10(8-11(12)15)9-13(20)18-6-2-3-7-19-14(16)17;/h4-5,8H,2-3,6-7,9H2,1H3,(H,18,20)(H4,16,17,19);1H. The normalized spacial score (nSPS) is 9.55. The van der Waals surface area contributed by atoms with Crippen LogP contribution in [0.15, 0.2) is 22.7 Å². The van der Waals surface area contributed by atoms with Crippen molar-refractivity contribution in [3.8, 4) is 5.75 Å². The summed E-state index contributed by atoms with van der Waals surface area (Å²) < 4.78 is 5.99. The first-order chi connectivity index (χ1) is 10.0. The van der Waals surface area contributed by atoms with Crippen LogP contribution in [-0.2, 0) is 11.2 Å². The molecule has 0 fully saturated rings. The lowest BCUT2D eigenvalue weighted by molar-refractivity contribution is -0.120. The Labute approximate surface area is 145 Å². The van der Waals surface area contributed by atoms with Gasteiger partial charge in [0, 0.05) is 13.1 Å². The van der Waals surface area contributed by atoms with Gasteiger partial charge in [0.05, 0.1) is 18.0 Å². The van der Waals surface area contributed by atoms with E-state index in [4.69, 9.17) is 15.9 Å². The highest BCUT2D eigenvalue weighted by molar-refractivity contribution is 9.10. The van der Waals surface area contributed by atoms with E-state index in [9.17, 15) is 4.79 Å². The molecule has 1 rings (SSSR count). The molecule has 0 saturated carbocycles. The Balaban J connectivity index is 0.00000441. The number of amides is 1. The fourth-order valence-electron chi connectivity index (χ4n) is 1.77. The lowest BCUT2D eigenvalue weighted by Crippen LogP contribution is -2.31. The van der Waals surface area contributed by atoms with Gasteiger partial charge in [-0.1, -0.05) is 6.07 Å². The number of hydrogen-bond donors (Lipinski definition) is 4. The van der Waals surface area contributed by atoms with Crippen molar-refractivity contribution >= 4 is 40.2 Å². The van der Waals surface area contributed by atoms with Crippen molar-refractivity contribution in [1.82, 2.24) is 10.6 Å². The summed E-state index contributed by atoms with van der Waals surface area (Å²) >= 11 is 3.40. The largest absolute Gasteiger partial charge is 0.496 e. The minimum absolute atomic E-state index is 0. The van der Waals surface area contributed by atoms with Crippen LogP contribution in [0.25, 0.3) is 0 Å². The molecule has 0 heterocycles. The number of rotatable bonds is 8. The van der Waals surface area contributed by atoms with Gasteiger partial charge in [-0.05, 0) is 46.5 Å². The van der Waals surface area contributed by atoms with Crippen molar-refractivity contribution in [2.75, 3.05) is 20.2 Å². The van der Waals surface area contributed by atoms with Gasteiger partial charge in [0.25, 0.3) is 0 Å². The monoisotopic (exact) mass is 392 g/mol. The highest BCUT2D eigenvalue weighted by Gasteiger charge is 2.06. The Morgan fingerprint density at radius 3 is 2.50 bits per heavy atom. The van der Waals surface area contributed by atoms with E-state index in [1.54, 1.807) is 7.11 Å². The van der Waals surface area contributed by atoms with Gasteiger partial charge in [0.1, 0.15) is 5.75 Å². The Morgan fingerprint density at radius 2 is 1.95 bits per heavy atom. The third kappa shape index (κ3) is 8.09. The van der Waals surface area contributed by atoms with E-state index in [1.165, 1.54) is 0 Å². The maximum absolute atomic E-state index is 11.8. The van der Waals surface area contributed by atoms with E-state index in [2.05, 4.69) is 26.6 Å². The fourth-order valence-corrected chi connectivity index (χ4v) is 2.36. The smallest absolute Gasteiger partial charge is 0.224 e. The zero-order valence-electron chi connectivity index (χ0n) is 12.4. The molecule has 0 aliphatic rings. The van der Waals surface area contributed by atoms with Crippen LogP contribution in [0.2, 0.25) is 0 Å². The molecule has 22 heavy (non-hydrogen) atoms. The number of nitrogens with one attached hydrogen (secondary N) is 3. The molecule has 0 radical (unpaired) electrons. The SMILES string of the molecule is COc1ccc(CC(=O)NCCCCNC(=N)N)cc1Br.Cl. The van der Waals surface area contributed by atoms with Crippen molar-refractivity contribution in [1.29, 1.82) is 5.41 Å².